The van der Waals surface area contributed by atoms with Crippen LogP contribution in [0, 0.1) is 5.82 Å². The lowest BCUT2D eigenvalue weighted by Gasteiger charge is -2.02. The van der Waals surface area contributed by atoms with Crippen molar-refractivity contribution >= 4 is 35.1 Å². The number of methoxy groups -OCH3 is 1. The maximum atomic E-state index is 13.4. The Hall–Kier alpha value is -1.84. The number of hydrogen-bond acceptors (Lipinski definition) is 2. The highest BCUT2D eigenvalue weighted by atomic mass is 35.5. The summed E-state index contributed by atoms with van der Waals surface area (Å²) in [6, 6.07) is 9.40. The van der Waals surface area contributed by atoms with Gasteiger partial charge in [-0.25, -0.2) is 4.39 Å². The lowest BCUT2D eigenvalue weighted by Crippen LogP contribution is -1.97. The van der Waals surface area contributed by atoms with Gasteiger partial charge in [-0.1, -0.05) is 41.4 Å². The molecule has 0 aromatic heterocycles. The molecule has 0 saturated heterocycles. The van der Waals surface area contributed by atoms with Crippen molar-refractivity contribution in [2.45, 2.75) is 0 Å². The Morgan fingerprint density at radius 1 is 1.14 bits per heavy atom. The average Bonchev–Trinajstić information content (AvgIpc) is 2.49. The minimum Gasteiger partial charge on any atom is -0.497 e. The predicted molar refractivity (Wildman–Crippen MR) is 82.8 cm³/mol. The van der Waals surface area contributed by atoms with E-state index in [-0.39, 0.29) is 15.6 Å². The first-order valence-electron chi connectivity index (χ1n) is 6.02. The quantitative estimate of drug-likeness (QED) is 0.447. The Morgan fingerprint density at radius 3 is 2.43 bits per heavy atom. The third-order valence-corrected chi connectivity index (χ3v) is 3.42. The second-order valence-corrected chi connectivity index (χ2v) is 5.03. The molecule has 0 unspecified atom stereocenters. The summed E-state index contributed by atoms with van der Waals surface area (Å²) in [7, 11) is 1.57. The van der Waals surface area contributed by atoms with Crippen LogP contribution in [-0.2, 0) is 0 Å². The van der Waals surface area contributed by atoms with Crippen molar-refractivity contribution < 1.29 is 13.9 Å². The number of benzene rings is 2. The molecule has 2 aromatic rings. The fourth-order valence-electron chi connectivity index (χ4n) is 1.69. The number of ether oxygens (including phenoxy) is 1. The van der Waals surface area contributed by atoms with E-state index in [0.29, 0.717) is 0 Å². The van der Waals surface area contributed by atoms with Crippen LogP contribution < -0.4 is 4.74 Å². The van der Waals surface area contributed by atoms with Crippen LogP contribution in [-0.4, -0.2) is 12.9 Å². The summed E-state index contributed by atoms with van der Waals surface area (Å²) in [6.45, 7) is 0. The van der Waals surface area contributed by atoms with E-state index < -0.39 is 11.6 Å². The minimum absolute atomic E-state index is 0.0725. The summed E-state index contributed by atoms with van der Waals surface area (Å²) in [4.78, 5) is 12.0. The molecule has 2 rings (SSSR count). The van der Waals surface area contributed by atoms with Crippen LogP contribution in [0.25, 0.3) is 6.08 Å². The molecule has 0 fully saturated rings. The topological polar surface area (TPSA) is 26.3 Å². The Balaban J connectivity index is 2.20. The van der Waals surface area contributed by atoms with Crippen molar-refractivity contribution in [3.05, 3.63) is 69.5 Å². The number of rotatable bonds is 4. The van der Waals surface area contributed by atoms with Crippen LogP contribution in [0.3, 0.4) is 0 Å². The van der Waals surface area contributed by atoms with Gasteiger partial charge in [-0.05, 0) is 35.9 Å². The second-order valence-electron chi connectivity index (χ2n) is 4.22. The van der Waals surface area contributed by atoms with Gasteiger partial charge in [0, 0.05) is 5.56 Å². The zero-order chi connectivity index (χ0) is 15.4. The van der Waals surface area contributed by atoms with E-state index in [9.17, 15) is 9.18 Å². The summed E-state index contributed by atoms with van der Waals surface area (Å²) in [5.41, 5.74) is 0.887. The van der Waals surface area contributed by atoms with Gasteiger partial charge in [0.2, 0.25) is 0 Å². The van der Waals surface area contributed by atoms with E-state index in [1.54, 1.807) is 37.5 Å². The zero-order valence-corrected chi connectivity index (χ0v) is 12.6. The third kappa shape index (κ3) is 3.84. The Morgan fingerprint density at radius 2 is 1.81 bits per heavy atom. The van der Waals surface area contributed by atoms with Crippen LogP contribution in [0.4, 0.5) is 4.39 Å². The van der Waals surface area contributed by atoms with Crippen molar-refractivity contribution in [2.24, 2.45) is 0 Å². The molecule has 0 aliphatic carbocycles. The highest BCUT2D eigenvalue weighted by Crippen LogP contribution is 2.25. The molecule has 5 heteroatoms. The van der Waals surface area contributed by atoms with Crippen LogP contribution in [0.15, 0.2) is 42.5 Å². The lowest BCUT2D eigenvalue weighted by atomic mass is 10.1. The van der Waals surface area contributed by atoms with Gasteiger partial charge in [-0.3, -0.25) is 4.79 Å². The second kappa shape index (κ2) is 6.74. The van der Waals surface area contributed by atoms with Crippen LogP contribution in [0.2, 0.25) is 10.0 Å². The molecular formula is C16H11Cl2FO2. The Labute approximate surface area is 131 Å². The predicted octanol–water partition coefficient (Wildman–Crippen LogP) is 5.04. The van der Waals surface area contributed by atoms with Crippen LogP contribution >= 0.6 is 23.2 Å². The van der Waals surface area contributed by atoms with Crippen molar-refractivity contribution in [1.29, 1.82) is 0 Å². The van der Waals surface area contributed by atoms with Crippen LogP contribution in [0.1, 0.15) is 15.9 Å². The third-order valence-electron chi connectivity index (χ3n) is 2.82. The number of carbonyl (C=O) groups excluding carboxylic acids is 1. The molecule has 0 N–H and O–H groups in total. The maximum Gasteiger partial charge on any atom is 0.187 e. The largest absolute Gasteiger partial charge is 0.497 e. The maximum absolute atomic E-state index is 13.4. The van der Waals surface area contributed by atoms with Gasteiger partial charge >= 0.3 is 0 Å². The van der Waals surface area contributed by atoms with Crippen LogP contribution in [0.5, 0.6) is 5.75 Å². The zero-order valence-electron chi connectivity index (χ0n) is 11.1. The molecule has 0 amide bonds. The summed E-state index contributed by atoms with van der Waals surface area (Å²) in [6.07, 6.45) is 2.95. The summed E-state index contributed by atoms with van der Waals surface area (Å²) >= 11 is 11.5. The molecule has 0 aliphatic rings. The summed E-state index contributed by atoms with van der Waals surface area (Å²) < 4.78 is 18.4. The number of ketones is 1. The fraction of sp³-hybridized carbons (Fsp3) is 0.0625. The molecule has 0 spiro atoms. The molecule has 0 radical (unpaired) electrons. The number of halogens is 3. The van der Waals surface area contributed by atoms with Crippen molar-refractivity contribution in [2.75, 3.05) is 7.11 Å². The molecule has 0 atom stereocenters. The van der Waals surface area contributed by atoms with E-state index >= 15 is 0 Å². The van der Waals surface area contributed by atoms with E-state index in [2.05, 4.69) is 0 Å². The van der Waals surface area contributed by atoms with Crippen molar-refractivity contribution in [3.63, 3.8) is 0 Å². The Bertz CT molecular complexity index is 694. The van der Waals surface area contributed by atoms with Gasteiger partial charge in [-0.15, -0.1) is 0 Å². The molecule has 2 aromatic carbocycles. The summed E-state index contributed by atoms with van der Waals surface area (Å²) in [5, 5.41) is 0.00136. The van der Waals surface area contributed by atoms with Gasteiger partial charge in [0.15, 0.2) is 5.78 Å². The minimum atomic E-state index is -0.678. The first-order valence-corrected chi connectivity index (χ1v) is 6.78. The lowest BCUT2D eigenvalue weighted by molar-refractivity contribution is 0.104. The molecule has 0 bridgehead atoms. The number of allylic oxidation sites excluding steroid dienone is 1. The molecule has 2 nitrogen and oxygen atoms in total. The Kier molecular flexibility index (Phi) is 4.99. The van der Waals surface area contributed by atoms with Gasteiger partial charge in [0.05, 0.1) is 17.2 Å². The van der Waals surface area contributed by atoms with Crippen molar-refractivity contribution in [1.82, 2.24) is 0 Å². The molecule has 21 heavy (non-hydrogen) atoms. The number of hydrogen-bond donors (Lipinski definition) is 0. The average molecular weight is 325 g/mol. The first-order chi connectivity index (χ1) is 10.0. The smallest absolute Gasteiger partial charge is 0.187 e. The SMILES string of the molecule is COc1ccc(/C=C/C(=O)c2cc(F)c(Cl)cc2Cl)cc1. The molecular weight excluding hydrogens is 314 g/mol. The van der Waals surface area contributed by atoms with Gasteiger partial charge in [0.1, 0.15) is 11.6 Å². The molecule has 0 heterocycles. The highest BCUT2D eigenvalue weighted by molar-refractivity contribution is 6.37. The van der Waals surface area contributed by atoms with Crippen molar-refractivity contribution in [3.8, 4) is 5.75 Å². The standard InChI is InChI=1S/C16H11Cl2FO2/c1-21-11-5-2-10(3-6-11)4-7-16(20)12-8-15(19)14(18)9-13(12)17/h2-9H,1H3/b7-4+. The van der Waals surface area contributed by atoms with E-state index in [0.717, 1.165) is 17.4 Å². The molecule has 0 saturated carbocycles. The fourth-order valence-corrected chi connectivity index (χ4v) is 2.16. The van der Waals surface area contributed by atoms with Gasteiger partial charge in [-0.2, -0.15) is 0 Å². The van der Waals surface area contributed by atoms with Gasteiger partial charge in [0.25, 0.3) is 0 Å². The first kappa shape index (κ1) is 15.5. The highest BCUT2D eigenvalue weighted by Gasteiger charge is 2.11. The molecule has 108 valence electrons. The molecule has 0 aliphatic heterocycles. The monoisotopic (exact) mass is 324 g/mol. The van der Waals surface area contributed by atoms with Gasteiger partial charge < -0.3 is 4.74 Å². The van der Waals surface area contributed by atoms with E-state index in [4.69, 9.17) is 27.9 Å². The van der Waals surface area contributed by atoms with E-state index in [1.165, 1.54) is 12.1 Å². The normalized spacial score (nSPS) is 10.9. The summed E-state index contributed by atoms with van der Waals surface area (Å²) in [5.74, 6) is -0.352. The van der Waals surface area contributed by atoms with E-state index in [1.807, 2.05) is 0 Å². The number of carbonyl (C=O) groups is 1.